The Balaban J connectivity index is 1.00. The summed E-state index contributed by atoms with van der Waals surface area (Å²) in [6.45, 7) is 0.902. The van der Waals surface area contributed by atoms with Crippen molar-refractivity contribution >= 4 is 22.7 Å². The van der Waals surface area contributed by atoms with Gasteiger partial charge in [-0.3, -0.25) is 15.0 Å². The predicted octanol–water partition coefficient (Wildman–Crippen LogP) is 3.50. The van der Waals surface area contributed by atoms with Crippen LogP contribution >= 0.6 is 0 Å². The van der Waals surface area contributed by atoms with E-state index >= 15 is 0 Å². The van der Waals surface area contributed by atoms with Crippen LogP contribution in [0.15, 0.2) is 48.8 Å². The van der Waals surface area contributed by atoms with Crippen LogP contribution < -0.4 is 15.4 Å². The van der Waals surface area contributed by atoms with Crippen molar-refractivity contribution in [1.82, 2.24) is 30.0 Å². The minimum absolute atomic E-state index is 0.0133. The van der Waals surface area contributed by atoms with E-state index in [2.05, 4.69) is 49.2 Å². The quantitative estimate of drug-likeness (QED) is 0.438. The minimum atomic E-state index is -0.282. The zero-order chi connectivity index (χ0) is 24.4. The molecular weight excluding hydrogens is 464 g/mol. The number of anilines is 2. The maximum Gasteiger partial charge on any atom is 0.183 e. The zero-order valence-electron chi connectivity index (χ0n) is 20.5. The SMILES string of the molecule is N[C@@H]1c2ccccc2OC12CC1CC3(c4cnc5c(N6CCCc7ncccc76)n[nH]c5n4)C[C@H](C2)N13. The van der Waals surface area contributed by atoms with Crippen molar-refractivity contribution in [3.05, 3.63) is 65.7 Å². The number of nitrogens with zero attached hydrogens (tertiary/aromatic N) is 6. The third kappa shape index (κ3) is 2.51. The van der Waals surface area contributed by atoms with Crippen molar-refractivity contribution in [2.45, 2.75) is 67.8 Å². The topological polar surface area (TPSA) is 109 Å². The Morgan fingerprint density at radius 3 is 2.76 bits per heavy atom. The standard InChI is InChI=1S/C28H28N8O/c29-24-18-5-1-2-8-21(18)37-28(24)13-16-11-27(12-17(14-28)36(16)27)22-15-31-23-25(32-22)33-34-26(23)35-10-4-6-19-20(35)7-3-9-30-19/h1-3,5,7-9,15-17,24H,4,6,10-14,29H2,(H,32,33,34)/t16-,17?,24-,27?,28?/m1/s1. The second-order valence-corrected chi connectivity index (χ2v) is 11.5. The van der Waals surface area contributed by atoms with E-state index in [1.54, 1.807) is 0 Å². The summed E-state index contributed by atoms with van der Waals surface area (Å²) in [5.74, 6) is 1.80. The van der Waals surface area contributed by atoms with Gasteiger partial charge in [-0.15, -0.1) is 0 Å². The van der Waals surface area contributed by atoms with Gasteiger partial charge in [-0.1, -0.05) is 18.2 Å². The van der Waals surface area contributed by atoms with E-state index in [1.807, 2.05) is 24.5 Å². The number of rotatable bonds is 2. The first kappa shape index (κ1) is 20.5. The van der Waals surface area contributed by atoms with Gasteiger partial charge in [0.15, 0.2) is 17.0 Å². The Kier molecular flexibility index (Phi) is 3.79. The lowest BCUT2D eigenvalue weighted by atomic mass is 9.55. The van der Waals surface area contributed by atoms with Crippen LogP contribution in [0.1, 0.15) is 55.1 Å². The molecule has 3 aromatic heterocycles. The van der Waals surface area contributed by atoms with Gasteiger partial charge in [-0.2, -0.15) is 5.10 Å². The lowest BCUT2D eigenvalue weighted by Crippen LogP contribution is -2.81. The molecule has 3 saturated heterocycles. The first-order valence-electron chi connectivity index (χ1n) is 13.4. The molecule has 0 aliphatic carbocycles. The molecule has 5 aliphatic heterocycles. The normalized spacial score (nSPS) is 33.3. The number of nitrogens with two attached hydrogens (primary N) is 1. The summed E-state index contributed by atoms with van der Waals surface area (Å²) in [7, 11) is 0. The van der Waals surface area contributed by atoms with Crippen LogP contribution in [0, 0.1) is 0 Å². The highest BCUT2D eigenvalue weighted by Crippen LogP contribution is 2.65. The Morgan fingerprint density at radius 1 is 1.03 bits per heavy atom. The summed E-state index contributed by atoms with van der Waals surface area (Å²) in [5, 5.41) is 7.84. The van der Waals surface area contributed by atoms with E-state index in [0.717, 1.165) is 90.4 Å². The number of benzene rings is 1. The average molecular weight is 493 g/mol. The molecule has 1 aromatic carbocycles. The number of hydrogen-bond donors (Lipinski definition) is 2. The van der Waals surface area contributed by atoms with E-state index in [4.69, 9.17) is 20.4 Å². The molecule has 1 spiro atoms. The summed E-state index contributed by atoms with van der Waals surface area (Å²) in [4.78, 5) is 19.5. The number of H-pyrrole nitrogens is 1. The summed E-state index contributed by atoms with van der Waals surface area (Å²) < 4.78 is 6.58. The molecule has 3 N–H and O–H groups in total. The fourth-order valence-corrected chi connectivity index (χ4v) is 8.15. The second-order valence-electron chi connectivity index (χ2n) is 11.5. The molecule has 8 heterocycles. The number of hydrogen-bond acceptors (Lipinski definition) is 8. The molecule has 4 aromatic rings. The Morgan fingerprint density at radius 2 is 1.89 bits per heavy atom. The monoisotopic (exact) mass is 492 g/mol. The maximum absolute atomic E-state index is 6.78. The van der Waals surface area contributed by atoms with Crippen LogP contribution in [-0.2, 0) is 12.0 Å². The van der Waals surface area contributed by atoms with E-state index in [9.17, 15) is 0 Å². The molecule has 5 aliphatic rings. The maximum atomic E-state index is 6.78. The molecule has 0 bridgehead atoms. The van der Waals surface area contributed by atoms with Gasteiger partial charge in [0.05, 0.1) is 34.9 Å². The number of aromatic amines is 1. The first-order chi connectivity index (χ1) is 18.2. The lowest BCUT2D eigenvalue weighted by Gasteiger charge is -2.74. The van der Waals surface area contributed by atoms with Crippen molar-refractivity contribution in [2.75, 3.05) is 11.4 Å². The average Bonchev–Trinajstić information content (AvgIpc) is 3.44. The number of aromatic nitrogens is 5. The first-order valence-corrected chi connectivity index (χ1v) is 13.4. The van der Waals surface area contributed by atoms with Gasteiger partial charge in [0.1, 0.15) is 11.4 Å². The lowest BCUT2D eigenvalue weighted by molar-refractivity contribution is -0.259. The molecule has 0 radical (unpaired) electrons. The highest BCUT2D eigenvalue weighted by atomic mass is 16.5. The van der Waals surface area contributed by atoms with Crippen molar-refractivity contribution < 1.29 is 4.74 Å². The van der Waals surface area contributed by atoms with Gasteiger partial charge >= 0.3 is 0 Å². The third-order valence-electron chi connectivity index (χ3n) is 9.66. The molecule has 9 heteroatoms. The van der Waals surface area contributed by atoms with Crippen LogP contribution in [-0.4, -0.2) is 54.3 Å². The smallest absolute Gasteiger partial charge is 0.183 e. The number of nitrogens with one attached hydrogen (secondary N) is 1. The van der Waals surface area contributed by atoms with Gasteiger partial charge < -0.3 is 15.4 Å². The molecule has 9 nitrogen and oxygen atoms in total. The Bertz CT molecular complexity index is 1570. The van der Waals surface area contributed by atoms with Crippen LogP contribution in [0.2, 0.25) is 0 Å². The Hall–Kier alpha value is -3.56. The number of pyridine rings is 1. The second kappa shape index (κ2) is 6.85. The molecule has 3 unspecified atom stereocenters. The van der Waals surface area contributed by atoms with Crippen molar-refractivity contribution in [3.8, 4) is 5.75 Å². The fourth-order valence-electron chi connectivity index (χ4n) is 8.15. The summed E-state index contributed by atoms with van der Waals surface area (Å²) in [6.07, 6.45) is 9.97. The molecule has 186 valence electrons. The molecule has 5 atom stereocenters. The van der Waals surface area contributed by atoms with Crippen molar-refractivity contribution in [1.29, 1.82) is 0 Å². The number of piperidine rings is 2. The van der Waals surface area contributed by atoms with Gasteiger partial charge in [0, 0.05) is 43.2 Å². The van der Waals surface area contributed by atoms with Crippen molar-refractivity contribution in [3.63, 3.8) is 0 Å². The molecule has 0 saturated carbocycles. The van der Waals surface area contributed by atoms with Gasteiger partial charge in [-0.25, -0.2) is 9.97 Å². The third-order valence-corrected chi connectivity index (χ3v) is 9.66. The van der Waals surface area contributed by atoms with Gasteiger partial charge in [0.25, 0.3) is 0 Å². The van der Waals surface area contributed by atoms with E-state index in [0.29, 0.717) is 12.1 Å². The molecule has 9 rings (SSSR count). The predicted molar refractivity (Wildman–Crippen MR) is 138 cm³/mol. The highest BCUT2D eigenvalue weighted by molar-refractivity contribution is 5.87. The number of aryl methyl sites for hydroxylation is 1. The zero-order valence-corrected chi connectivity index (χ0v) is 20.5. The molecule has 37 heavy (non-hydrogen) atoms. The van der Waals surface area contributed by atoms with Gasteiger partial charge in [0.2, 0.25) is 0 Å². The van der Waals surface area contributed by atoms with Crippen LogP contribution in [0.3, 0.4) is 0 Å². The summed E-state index contributed by atoms with van der Waals surface area (Å²) >= 11 is 0. The number of ether oxygens (including phenoxy) is 1. The summed E-state index contributed by atoms with van der Waals surface area (Å²) in [6, 6.07) is 13.3. The molecule has 0 amide bonds. The van der Waals surface area contributed by atoms with E-state index < -0.39 is 0 Å². The van der Waals surface area contributed by atoms with Crippen LogP contribution in [0.25, 0.3) is 11.2 Å². The van der Waals surface area contributed by atoms with Crippen LogP contribution in [0.4, 0.5) is 11.5 Å². The fraction of sp³-hybridized carbons (Fsp3) is 0.429. The van der Waals surface area contributed by atoms with Crippen LogP contribution in [0.5, 0.6) is 5.75 Å². The highest BCUT2D eigenvalue weighted by Gasteiger charge is 2.71. The summed E-state index contributed by atoms with van der Waals surface area (Å²) in [5.41, 5.74) is 12.5. The largest absolute Gasteiger partial charge is 0.485 e. The number of fused-ring (bicyclic) bond motifs is 3. The van der Waals surface area contributed by atoms with Crippen molar-refractivity contribution in [2.24, 2.45) is 5.73 Å². The Labute approximate surface area is 214 Å². The molecule has 3 fully saturated rings. The number of para-hydroxylation sites is 1. The van der Waals surface area contributed by atoms with Gasteiger partial charge in [-0.05, 0) is 43.9 Å². The molecular formula is C28H28N8O. The minimum Gasteiger partial charge on any atom is -0.485 e. The van der Waals surface area contributed by atoms with E-state index in [1.165, 1.54) is 0 Å². The van der Waals surface area contributed by atoms with E-state index in [-0.39, 0.29) is 17.2 Å².